The zero-order valence-corrected chi connectivity index (χ0v) is 23.8. The van der Waals surface area contributed by atoms with Gasteiger partial charge in [0.25, 0.3) is 0 Å². The molecule has 0 spiro atoms. The standard InChI is InChI=1S/C35H46O4/c1-3-4-8-15-30(36)22-23-31-32(16-11-5-6-12-17-34(37)38-2)35(25-33(31)39-26-35)24-27-18-20-29(21-19-27)28-13-9-7-10-14-28/h5,7,9-11,13-14,18-23,30-33,36H,3-4,6,8,12,15-17,24-26H2,1-2H3/t30-,31+,32+,33+,35+/m0/s1. The number of aliphatic hydroxyl groups excluding tert-OH is 1. The van der Waals surface area contributed by atoms with Crippen molar-refractivity contribution in [3.05, 3.63) is 84.5 Å². The summed E-state index contributed by atoms with van der Waals surface area (Å²) in [4.78, 5) is 11.4. The van der Waals surface area contributed by atoms with E-state index in [4.69, 9.17) is 9.47 Å². The third-order valence-electron chi connectivity index (χ3n) is 8.69. The number of methoxy groups -OCH3 is 1. The van der Waals surface area contributed by atoms with E-state index in [-0.39, 0.29) is 23.6 Å². The fourth-order valence-corrected chi connectivity index (χ4v) is 6.52. The van der Waals surface area contributed by atoms with Crippen molar-refractivity contribution >= 4 is 5.97 Å². The van der Waals surface area contributed by atoms with E-state index in [2.05, 4.69) is 79.7 Å². The van der Waals surface area contributed by atoms with Gasteiger partial charge in [-0.15, -0.1) is 0 Å². The van der Waals surface area contributed by atoms with Gasteiger partial charge in [0.15, 0.2) is 0 Å². The summed E-state index contributed by atoms with van der Waals surface area (Å²) < 4.78 is 11.1. The molecule has 1 N–H and O–H groups in total. The Morgan fingerprint density at radius 2 is 1.85 bits per heavy atom. The van der Waals surface area contributed by atoms with Gasteiger partial charge in [-0.2, -0.15) is 0 Å². The minimum atomic E-state index is -0.383. The van der Waals surface area contributed by atoms with Crippen LogP contribution in [0, 0.1) is 17.3 Å². The number of esters is 1. The summed E-state index contributed by atoms with van der Waals surface area (Å²) in [5.41, 5.74) is 3.94. The maximum Gasteiger partial charge on any atom is 0.305 e. The average Bonchev–Trinajstić information content (AvgIpc) is 3.50. The molecule has 2 fully saturated rings. The van der Waals surface area contributed by atoms with Crippen LogP contribution in [0.4, 0.5) is 0 Å². The van der Waals surface area contributed by atoms with Crippen LogP contribution in [0.3, 0.4) is 0 Å². The van der Waals surface area contributed by atoms with E-state index in [0.717, 1.165) is 64.4 Å². The summed E-state index contributed by atoms with van der Waals surface area (Å²) in [5.74, 6) is 0.623. The van der Waals surface area contributed by atoms with Crippen molar-refractivity contribution < 1.29 is 19.4 Å². The van der Waals surface area contributed by atoms with Gasteiger partial charge in [-0.25, -0.2) is 0 Å². The minimum absolute atomic E-state index is 0.0947. The number of allylic oxidation sites excluding steroid dienone is 2. The molecular formula is C35H46O4. The number of hydrogen-bond acceptors (Lipinski definition) is 4. The van der Waals surface area contributed by atoms with E-state index in [1.807, 2.05) is 6.08 Å². The summed E-state index contributed by atoms with van der Waals surface area (Å²) in [6.07, 6.45) is 18.1. The number of carbonyl (C=O) groups is 1. The lowest BCUT2D eigenvalue weighted by molar-refractivity contribution is -0.140. The first kappa shape index (κ1) is 29.3. The summed E-state index contributed by atoms with van der Waals surface area (Å²) in [5, 5.41) is 10.6. The van der Waals surface area contributed by atoms with Crippen molar-refractivity contribution in [2.45, 2.75) is 83.3 Å². The molecule has 1 heterocycles. The molecule has 1 saturated heterocycles. The molecule has 4 rings (SSSR count). The normalized spacial score (nSPS) is 25.1. The molecule has 5 atom stereocenters. The summed E-state index contributed by atoms with van der Waals surface area (Å²) >= 11 is 0. The third kappa shape index (κ3) is 7.93. The average molecular weight is 531 g/mol. The van der Waals surface area contributed by atoms with Crippen LogP contribution in [0.5, 0.6) is 0 Å². The monoisotopic (exact) mass is 530 g/mol. The summed E-state index contributed by atoms with van der Waals surface area (Å²) in [7, 11) is 1.44. The number of carbonyl (C=O) groups excluding carboxylic acids is 1. The molecule has 0 unspecified atom stereocenters. The molecule has 0 amide bonds. The van der Waals surface area contributed by atoms with E-state index >= 15 is 0 Å². The first-order valence-corrected chi connectivity index (χ1v) is 14.9. The summed E-state index contributed by atoms with van der Waals surface area (Å²) in [6, 6.07) is 19.6. The quantitative estimate of drug-likeness (QED) is 0.146. The molecule has 2 aromatic carbocycles. The Labute approximate surface area is 235 Å². The highest BCUT2D eigenvalue weighted by Crippen LogP contribution is 2.57. The minimum Gasteiger partial charge on any atom is -0.469 e. The van der Waals surface area contributed by atoms with Gasteiger partial charge >= 0.3 is 5.97 Å². The Bertz CT molecular complexity index is 1070. The predicted molar refractivity (Wildman–Crippen MR) is 158 cm³/mol. The molecule has 1 aliphatic heterocycles. The molecule has 2 aromatic rings. The summed E-state index contributed by atoms with van der Waals surface area (Å²) in [6.45, 7) is 2.99. The van der Waals surface area contributed by atoms with Gasteiger partial charge in [0, 0.05) is 17.8 Å². The second kappa shape index (κ2) is 14.6. The molecule has 0 aromatic heterocycles. The Kier molecular flexibility index (Phi) is 11.0. The van der Waals surface area contributed by atoms with Crippen molar-refractivity contribution in [2.75, 3.05) is 13.7 Å². The van der Waals surface area contributed by atoms with Gasteiger partial charge in [0.05, 0.1) is 25.9 Å². The van der Waals surface area contributed by atoms with Crippen LogP contribution in [0.25, 0.3) is 11.1 Å². The van der Waals surface area contributed by atoms with Crippen LogP contribution in [0.2, 0.25) is 0 Å². The fourth-order valence-electron chi connectivity index (χ4n) is 6.52. The molecular weight excluding hydrogens is 484 g/mol. The van der Waals surface area contributed by atoms with Gasteiger partial charge in [-0.1, -0.05) is 105 Å². The molecule has 1 aliphatic carbocycles. The van der Waals surface area contributed by atoms with E-state index < -0.39 is 0 Å². The lowest BCUT2D eigenvalue weighted by Crippen LogP contribution is -2.37. The number of ether oxygens (including phenoxy) is 2. The molecule has 0 radical (unpaired) electrons. The van der Waals surface area contributed by atoms with Gasteiger partial charge < -0.3 is 14.6 Å². The van der Waals surface area contributed by atoms with Crippen LogP contribution >= 0.6 is 0 Å². The largest absolute Gasteiger partial charge is 0.469 e. The number of fused-ring (bicyclic) bond motifs is 2. The highest BCUT2D eigenvalue weighted by atomic mass is 16.5. The first-order valence-electron chi connectivity index (χ1n) is 14.9. The van der Waals surface area contributed by atoms with Crippen molar-refractivity contribution in [2.24, 2.45) is 17.3 Å². The number of rotatable bonds is 15. The molecule has 1 saturated carbocycles. The lowest BCUT2D eigenvalue weighted by Gasteiger charge is -2.38. The first-order chi connectivity index (χ1) is 19.0. The fraction of sp³-hybridized carbons (Fsp3) is 0.514. The number of hydrogen-bond donors (Lipinski definition) is 1. The molecule has 2 bridgehead atoms. The Morgan fingerprint density at radius 3 is 2.59 bits per heavy atom. The van der Waals surface area contributed by atoms with Crippen LogP contribution in [0.1, 0.15) is 70.3 Å². The predicted octanol–water partition coefficient (Wildman–Crippen LogP) is 7.70. The van der Waals surface area contributed by atoms with E-state index in [9.17, 15) is 9.90 Å². The maximum atomic E-state index is 11.4. The SMILES string of the molecule is CCCCC[C@H](O)C=C[C@@H]1[C@@H](CC=CCCCC(=O)OC)[C@@]2(Cc3ccc(-c4ccccc4)cc3)CO[C@@H]1C2. The van der Waals surface area contributed by atoms with Crippen LogP contribution in [0.15, 0.2) is 78.9 Å². The number of benzene rings is 2. The zero-order valence-electron chi connectivity index (χ0n) is 23.8. The van der Waals surface area contributed by atoms with Gasteiger partial charge in [0.1, 0.15) is 0 Å². The van der Waals surface area contributed by atoms with Gasteiger partial charge in [0.2, 0.25) is 0 Å². The maximum absolute atomic E-state index is 11.4. The van der Waals surface area contributed by atoms with Crippen molar-refractivity contribution in [1.29, 1.82) is 0 Å². The molecule has 2 aliphatic rings. The van der Waals surface area contributed by atoms with Crippen molar-refractivity contribution in [3.63, 3.8) is 0 Å². The zero-order chi connectivity index (χ0) is 27.5. The Hall–Kier alpha value is -2.69. The van der Waals surface area contributed by atoms with Gasteiger partial charge in [-0.05, 0) is 61.1 Å². The molecule has 39 heavy (non-hydrogen) atoms. The highest BCUT2D eigenvalue weighted by molar-refractivity contribution is 5.69. The van der Waals surface area contributed by atoms with Crippen molar-refractivity contribution in [1.82, 2.24) is 0 Å². The topological polar surface area (TPSA) is 55.8 Å². The molecule has 4 nitrogen and oxygen atoms in total. The van der Waals surface area contributed by atoms with Gasteiger partial charge in [-0.3, -0.25) is 4.79 Å². The molecule has 4 heteroatoms. The van der Waals surface area contributed by atoms with Crippen LogP contribution in [-0.4, -0.2) is 37.0 Å². The van der Waals surface area contributed by atoms with Crippen LogP contribution in [-0.2, 0) is 20.7 Å². The Morgan fingerprint density at radius 1 is 1.08 bits per heavy atom. The second-order valence-electron chi connectivity index (χ2n) is 11.5. The van der Waals surface area contributed by atoms with E-state index in [1.165, 1.54) is 23.8 Å². The molecule has 210 valence electrons. The number of unbranched alkanes of at least 4 members (excludes halogenated alkanes) is 3. The Balaban J connectivity index is 1.46. The van der Waals surface area contributed by atoms with E-state index in [0.29, 0.717) is 18.3 Å². The second-order valence-corrected chi connectivity index (χ2v) is 11.5. The smallest absolute Gasteiger partial charge is 0.305 e. The lowest BCUT2D eigenvalue weighted by atomic mass is 9.70. The van der Waals surface area contributed by atoms with E-state index in [1.54, 1.807) is 0 Å². The third-order valence-corrected chi connectivity index (χ3v) is 8.69. The highest BCUT2D eigenvalue weighted by Gasteiger charge is 2.57. The number of aliphatic hydroxyl groups is 1. The van der Waals surface area contributed by atoms with Crippen LogP contribution < -0.4 is 0 Å². The van der Waals surface area contributed by atoms with Crippen molar-refractivity contribution in [3.8, 4) is 11.1 Å².